The second kappa shape index (κ2) is 139. The summed E-state index contributed by atoms with van der Waals surface area (Å²) in [6, 6.07) is 0.337. The fraction of sp³-hybridized carbons (Fsp3) is 0.976. The van der Waals surface area contributed by atoms with Gasteiger partial charge >= 0.3 is 0 Å². The molecule has 2 heterocycles. The molecular weight excluding hydrogens is 1840 g/mol. The fourth-order valence-corrected chi connectivity index (χ4v) is 12.0. The van der Waals surface area contributed by atoms with E-state index < -0.39 is 0 Å². The molecular formula is C85H188Cl3N13O31S. The summed E-state index contributed by atoms with van der Waals surface area (Å²) in [4.78, 5) is 26.5. The molecule has 806 valence electrons. The third-order valence-corrected chi connectivity index (χ3v) is 18.3. The normalized spacial score (nSPS) is 13.5. The van der Waals surface area contributed by atoms with Crippen LogP contribution >= 0.6 is 46.6 Å². The number of aliphatic hydroxyl groups is 5. The van der Waals surface area contributed by atoms with Gasteiger partial charge in [-0.25, -0.2) is 0 Å². The third kappa shape index (κ3) is 131. The van der Waals surface area contributed by atoms with Crippen molar-refractivity contribution in [3.05, 3.63) is 0 Å². The van der Waals surface area contributed by atoms with Crippen molar-refractivity contribution in [3.63, 3.8) is 0 Å². The van der Waals surface area contributed by atoms with Gasteiger partial charge in [-0.3, -0.25) is 9.59 Å². The molecule has 2 amide bonds. The van der Waals surface area contributed by atoms with Crippen LogP contribution in [0, 0.1) is 5.92 Å². The van der Waals surface area contributed by atoms with Crippen LogP contribution in [-0.2, 0) is 123 Å². The standard InChI is InChI=1S/C27H52N4O8S.C16H33Cl2NO6.2C16H37N3O6.2C4H11NO2.CH3Cl.CH4O/c28-5-9-34-13-17-38-19-15-36-11-7-31(8-12-37-16-20-39-18-14-35-10-6-29)27(33)4-2-1-3-25-23-21-26(32)30-24(23)22-40-25;3*17-1-5-20-9-13-24-15-11-22-7-3-19-4-8-23-12-16-25-14-10-21-6-2-18;2*6-3-1-5-2-4-7;2*1-2/h23-25H,1-22,28-29H2,(H,30,32);19H,1-16H2;2*19H,1-18H2;2*5-7H,1-4H2;1H3;2H,1H3. The van der Waals surface area contributed by atoms with Crippen LogP contribution in [0.3, 0.4) is 0 Å². The number of hydrogen-bond donors (Lipinski definition) is 17. The number of ether oxygens (including phenoxy) is 24. The number of nitrogens with zero attached hydrogens (tertiary/aromatic N) is 1. The van der Waals surface area contributed by atoms with Crippen LogP contribution in [0.15, 0.2) is 0 Å². The maximum absolute atomic E-state index is 13.0. The van der Waals surface area contributed by atoms with E-state index >= 15 is 0 Å². The number of amides is 2. The van der Waals surface area contributed by atoms with Gasteiger partial charge < -0.3 is 210 Å². The monoisotopic (exact) mass is 2020 g/mol. The molecule has 0 aromatic carbocycles. The Morgan fingerprint density at radius 1 is 0.323 bits per heavy atom. The van der Waals surface area contributed by atoms with E-state index in [-0.39, 0.29) is 38.2 Å². The lowest BCUT2D eigenvalue weighted by Crippen LogP contribution is -2.37. The molecule has 0 saturated carbocycles. The topological polar surface area (TPSA) is 588 Å². The van der Waals surface area contributed by atoms with Gasteiger partial charge in [0.15, 0.2) is 0 Å². The van der Waals surface area contributed by atoms with Crippen molar-refractivity contribution >= 4 is 58.4 Å². The third-order valence-electron chi connectivity index (χ3n) is 16.4. The summed E-state index contributed by atoms with van der Waals surface area (Å²) < 4.78 is 129. The van der Waals surface area contributed by atoms with Crippen LogP contribution in [0.2, 0.25) is 0 Å². The molecule has 0 aliphatic carbocycles. The number of rotatable bonds is 101. The smallest absolute Gasteiger partial charge is 0.222 e. The average molecular weight is 2030 g/mol. The van der Waals surface area contributed by atoms with Crippen LogP contribution in [0.25, 0.3) is 0 Å². The second-order valence-electron chi connectivity index (χ2n) is 27.0. The van der Waals surface area contributed by atoms with Crippen molar-refractivity contribution in [1.29, 1.82) is 0 Å². The van der Waals surface area contributed by atoms with Gasteiger partial charge in [0.25, 0.3) is 0 Å². The van der Waals surface area contributed by atoms with Gasteiger partial charge in [0.05, 0.1) is 344 Å². The predicted molar refractivity (Wildman–Crippen MR) is 519 cm³/mol. The first kappa shape index (κ1) is 142. The molecule has 0 spiro atoms. The van der Waals surface area contributed by atoms with Crippen LogP contribution in [-0.4, -0.2) is 546 Å². The number of fused-ring (bicyclic) bond motifs is 1. The highest BCUT2D eigenvalue weighted by atomic mass is 35.5. The zero-order chi connectivity index (χ0) is 98.5. The van der Waals surface area contributed by atoms with Gasteiger partial charge in [0.1, 0.15) is 0 Å². The summed E-state index contributed by atoms with van der Waals surface area (Å²) in [7, 11) is 1.00. The van der Waals surface area contributed by atoms with Crippen molar-refractivity contribution in [2.75, 3.05) is 492 Å². The van der Waals surface area contributed by atoms with Crippen molar-refractivity contribution in [3.8, 4) is 0 Å². The van der Waals surface area contributed by atoms with E-state index in [1.54, 1.807) is 0 Å². The Morgan fingerprint density at radius 2 is 0.526 bits per heavy atom. The van der Waals surface area contributed by atoms with E-state index in [2.05, 4.69) is 43.5 Å². The molecule has 44 nitrogen and oxygen atoms in total. The molecule has 2 saturated heterocycles. The first-order valence-electron chi connectivity index (χ1n) is 46.9. The van der Waals surface area contributed by atoms with Crippen LogP contribution < -0.4 is 66.3 Å². The molecule has 0 bridgehead atoms. The first-order valence-corrected chi connectivity index (χ1v) is 49.8. The minimum absolute atomic E-state index is 0.114. The molecule has 48 heteroatoms. The number of nitrogens with one attached hydrogen (secondary N) is 6. The highest BCUT2D eigenvalue weighted by Crippen LogP contribution is 2.40. The average Bonchev–Trinajstić information content (AvgIpc) is 1.67. The summed E-state index contributed by atoms with van der Waals surface area (Å²) in [5.74, 6) is 2.78. The Kier molecular flexibility index (Phi) is 149. The molecule has 0 aromatic rings. The van der Waals surface area contributed by atoms with E-state index in [4.69, 9.17) is 197 Å². The molecule has 2 aliphatic rings. The van der Waals surface area contributed by atoms with E-state index in [1.165, 1.54) is 6.38 Å². The number of aliphatic hydroxyl groups excluding tert-OH is 5. The number of hydrogen-bond acceptors (Lipinski definition) is 43. The number of alkyl halides is 3. The molecule has 133 heavy (non-hydrogen) atoms. The van der Waals surface area contributed by atoms with E-state index in [0.29, 0.717) is 437 Å². The van der Waals surface area contributed by atoms with Gasteiger partial charge in [-0.1, -0.05) is 6.42 Å². The van der Waals surface area contributed by atoms with Crippen molar-refractivity contribution < 1.29 is 149 Å². The highest BCUT2D eigenvalue weighted by molar-refractivity contribution is 8.00. The lowest BCUT2D eigenvalue weighted by atomic mass is 9.94. The van der Waals surface area contributed by atoms with Crippen LogP contribution in [0.4, 0.5) is 0 Å². The molecule has 2 rings (SSSR count). The molecule has 23 N–H and O–H groups in total. The maximum atomic E-state index is 13.0. The molecule has 0 radical (unpaired) electrons. The second-order valence-corrected chi connectivity index (χ2v) is 29.0. The number of carbonyl (C=O) groups is 2. The number of carbonyl (C=O) groups excluding carboxylic acids is 2. The van der Waals surface area contributed by atoms with E-state index in [9.17, 15) is 9.59 Å². The predicted octanol–water partition coefficient (Wildman–Crippen LogP) is -4.06. The minimum Gasteiger partial charge on any atom is -0.400 e. The number of unbranched alkanes of at least 4 members (excludes halogenated alkanes) is 1. The molecule has 3 atom stereocenters. The summed E-state index contributed by atoms with van der Waals surface area (Å²) in [6.45, 7) is 38.8. The summed E-state index contributed by atoms with van der Waals surface area (Å²) in [5.41, 5.74) is 32.0. The van der Waals surface area contributed by atoms with Crippen molar-refractivity contribution in [1.82, 2.24) is 36.8 Å². The Balaban J connectivity index is -0.000000387. The van der Waals surface area contributed by atoms with Gasteiger partial charge in [-0.15, -0.1) is 34.8 Å². The number of nitrogens with two attached hydrogens (primary N) is 6. The summed E-state index contributed by atoms with van der Waals surface area (Å²) in [5, 5.41) is 58.5. The highest BCUT2D eigenvalue weighted by Gasteiger charge is 2.42. The SMILES string of the molecule is CCl.CO.ClCCOCCOCCOCCNCCOCCOCCOCCCl.NCCOCCOCCOCCN(CCOCCOCCOCCN)C(=O)CCCCC1SCC2NC(=O)CC21.NCCOCCOCCOCCNCCOCCOCCOCCN.NCCOCCOCCOCCNCCOCCOCCOCCN.OCCNCCO.OCCNCCO. The number of halogens is 3. The first-order chi connectivity index (χ1) is 65.7. The summed E-state index contributed by atoms with van der Waals surface area (Å²) >= 11 is 17.6. The zero-order valence-corrected chi connectivity index (χ0v) is 84.3. The van der Waals surface area contributed by atoms with Crippen molar-refractivity contribution in [2.24, 2.45) is 40.3 Å². The number of thioether (sulfide) groups is 1. The molecule has 3 unspecified atom stereocenters. The quantitative estimate of drug-likeness (QED) is 0.0203. The Hall–Kier alpha value is -1.44. The van der Waals surface area contributed by atoms with Gasteiger partial charge in [0, 0.05) is 179 Å². The Bertz CT molecular complexity index is 1840. The van der Waals surface area contributed by atoms with Crippen LogP contribution in [0.5, 0.6) is 0 Å². The summed E-state index contributed by atoms with van der Waals surface area (Å²) in [6.07, 6.45) is 5.50. The maximum Gasteiger partial charge on any atom is 0.222 e. The van der Waals surface area contributed by atoms with Crippen molar-refractivity contribution in [2.45, 2.75) is 43.4 Å². The minimum atomic E-state index is 0.114. The molecule has 2 fully saturated rings. The lowest BCUT2D eigenvalue weighted by Gasteiger charge is -2.23. The van der Waals surface area contributed by atoms with E-state index in [0.717, 1.165) is 71.4 Å². The molecule has 0 aromatic heterocycles. The lowest BCUT2D eigenvalue weighted by molar-refractivity contribution is -0.133. The largest absolute Gasteiger partial charge is 0.400 e. The zero-order valence-electron chi connectivity index (χ0n) is 81.2. The van der Waals surface area contributed by atoms with Crippen LogP contribution in [0.1, 0.15) is 32.1 Å². The van der Waals surface area contributed by atoms with Gasteiger partial charge in [-0.05, 0) is 12.8 Å². The fourth-order valence-electron chi connectivity index (χ4n) is 10.2. The van der Waals surface area contributed by atoms with E-state index in [1.807, 2.05) is 16.7 Å². The Labute approximate surface area is 816 Å². The van der Waals surface area contributed by atoms with Gasteiger partial charge in [-0.2, -0.15) is 11.8 Å². The van der Waals surface area contributed by atoms with Gasteiger partial charge in [0.2, 0.25) is 11.8 Å². The molecule has 2 aliphatic heterocycles. The Morgan fingerprint density at radius 3 is 0.744 bits per heavy atom.